The molecule has 98 valence electrons. The van der Waals surface area contributed by atoms with Gasteiger partial charge in [-0.25, -0.2) is 4.79 Å². The third-order valence-electron chi connectivity index (χ3n) is 2.72. The minimum atomic E-state index is -0.375. The molecule has 0 saturated heterocycles. The monoisotopic (exact) mass is 257 g/mol. The Labute approximate surface area is 112 Å². The van der Waals surface area contributed by atoms with E-state index in [1.165, 1.54) is 7.11 Å². The number of ether oxygens (including phenoxy) is 2. The second-order valence-corrected chi connectivity index (χ2v) is 4.07. The largest absolute Gasteiger partial charge is 0.486 e. The summed E-state index contributed by atoms with van der Waals surface area (Å²) >= 11 is 0. The van der Waals surface area contributed by atoms with Crippen molar-refractivity contribution in [3.05, 3.63) is 59.9 Å². The van der Waals surface area contributed by atoms with Crippen LogP contribution in [0, 0.1) is 0 Å². The van der Waals surface area contributed by atoms with Gasteiger partial charge in [-0.05, 0) is 31.2 Å². The van der Waals surface area contributed by atoms with Crippen LogP contribution in [-0.4, -0.2) is 18.1 Å². The molecule has 0 amide bonds. The predicted octanol–water partition coefficient (Wildman–Crippen LogP) is 3.01. The van der Waals surface area contributed by atoms with Crippen molar-refractivity contribution in [1.29, 1.82) is 0 Å². The van der Waals surface area contributed by atoms with Gasteiger partial charge in [0.15, 0.2) is 0 Å². The molecule has 2 rings (SSSR count). The highest BCUT2D eigenvalue weighted by atomic mass is 16.5. The van der Waals surface area contributed by atoms with Gasteiger partial charge in [-0.1, -0.05) is 12.1 Å². The molecule has 0 N–H and O–H groups in total. The summed E-state index contributed by atoms with van der Waals surface area (Å²) in [5.41, 5.74) is 1.45. The molecule has 0 aliphatic heterocycles. The minimum absolute atomic E-state index is 0.137. The van der Waals surface area contributed by atoms with Crippen LogP contribution in [0.1, 0.15) is 28.9 Å². The molecule has 19 heavy (non-hydrogen) atoms. The van der Waals surface area contributed by atoms with E-state index in [1.807, 2.05) is 19.1 Å². The molecular formula is C15H15NO3. The highest BCUT2D eigenvalue weighted by molar-refractivity contribution is 5.89. The van der Waals surface area contributed by atoms with Gasteiger partial charge in [-0.2, -0.15) is 0 Å². The normalized spacial score (nSPS) is 11.7. The van der Waals surface area contributed by atoms with E-state index in [9.17, 15) is 4.79 Å². The summed E-state index contributed by atoms with van der Waals surface area (Å²) in [6.07, 6.45) is 3.34. The lowest BCUT2D eigenvalue weighted by Crippen LogP contribution is -2.05. The first-order valence-electron chi connectivity index (χ1n) is 5.95. The van der Waals surface area contributed by atoms with E-state index in [2.05, 4.69) is 9.72 Å². The quantitative estimate of drug-likeness (QED) is 0.790. The number of nitrogens with zero attached hydrogens (tertiary/aromatic N) is 1. The van der Waals surface area contributed by atoms with E-state index in [0.29, 0.717) is 11.3 Å². The van der Waals surface area contributed by atoms with E-state index in [4.69, 9.17) is 4.74 Å². The molecule has 0 aliphatic rings. The van der Waals surface area contributed by atoms with Crippen LogP contribution < -0.4 is 4.74 Å². The molecule has 0 fully saturated rings. The fraction of sp³-hybridized carbons (Fsp3) is 0.200. The van der Waals surface area contributed by atoms with E-state index >= 15 is 0 Å². The maximum atomic E-state index is 11.4. The van der Waals surface area contributed by atoms with Crippen LogP contribution in [0.5, 0.6) is 5.75 Å². The molecule has 1 atom stereocenters. The van der Waals surface area contributed by atoms with Gasteiger partial charge in [0, 0.05) is 18.0 Å². The molecule has 0 spiro atoms. The predicted molar refractivity (Wildman–Crippen MR) is 71.1 cm³/mol. The van der Waals surface area contributed by atoms with Crippen molar-refractivity contribution in [1.82, 2.24) is 4.98 Å². The molecule has 1 aromatic carbocycles. The fourth-order valence-electron chi connectivity index (χ4n) is 1.70. The summed E-state index contributed by atoms with van der Waals surface area (Å²) in [6, 6.07) is 10.7. The minimum Gasteiger partial charge on any atom is -0.486 e. The van der Waals surface area contributed by atoms with Crippen LogP contribution >= 0.6 is 0 Å². The summed E-state index contributed by atoms with van der Waals surface area (Å²) in [7, 11) is 1.36. The number of esters is 1. The molecule has 0 aliphatic carbocycles. The van der Waals surface area contributed by atoms with Crippen molar-refractivity contribution in [2.75, 3.05) is 7.11 Å². The number of rotatable bonds is 4. The number of aromatic nitrogens is 1. The Morgan fingerprint density at radius 2 is 2.11 bits per heavy atom. The zero-order chi connectivity index (χ0) is 13.7. The van der Waals surface area contributed by atoms with Crippen LogP contribution in [-0.2, 0) is 4.74 Å². The maximum absolute atomic E-state index is 11.4. The topological polar surface area (TPSA) is 48.4 Å². The first-order chi connectivity index (χ1) is 9.20. The summed E-state index contributed by atoms with van der Waals surface area (Å²) in [4.78, 5) is 15.5. The maximum Gasteiger partial charge on any atom is 0.337 e. The summed E-state index contributed by atoms with van der Waals surface area (Å²) in [5, 5.41) is 0. The van der Waals surface area contributed by atoms with Gasteiger partial charge in [0.05, 0.1) is 12.7 Å². The Kier molecular flexibility index (Phi) is 4.13. The number of methoxy groups -OCH3 is 1. The molecule has 4 nitrogen and oxygen atoms in total. The first kappa shape index (κ1) is 13.1. The summed E-state index contributed by atoms with van der Waals surface area (Å²) in [5.74, 6) is 0.249. The molecular weight excluding hydrogens is 242 g/mol. The average molecular weight is 257 g/mol. The van der Waals surface area contributed by atoms with Crippen LogP contribution in [0.2, 0.25) is 0 Å². The lowest BCUT2D eigenvalue weighted by molar-refractivity contribution is 0.0600. The molecule has 0 bridgehead atoms. The smallest absolute Gasteiger partial charge is 0.337 e. The van der Waals surface area contributed by atoms with Crippen molar-refractivity contribution >= 4 is 5.97 Å². The molecule has 2 aromatic rings. The highest BCUT2D eigenvalue weighted by Gasteiger charge is 2.10. The molecule has 1 aromatic heterocycles. The van der Waals surface area contributed by atoms with E-state index in [1.54, 1.807) is 36.7 Å². The van der Waals surface area contributed by atoms with E-state index < -0.39 is 0 Å². The second-order valence-electron chi connectivity index (χ2n) is 4.07. The van der Waals surface area contributed by atoms with Crippen LogP contribution in [0.4, 0.5) is 0 Å². The number of benzene rings is 1. The van der Waals surface area contributed by atoms with Crippen molar-refractivity contribution in [2.24, 2.45) is 0 Å². The van der Waals surface area contributed by atoms with Crippen molar-refractivity contribution in [2.45, 2.75) is 13.0 Å². The third kappa shape index (κ3) is 3.31. The van der Waals surface area contributed by atoms with E-state index in [0.717, 1.165) is 5.56 Å². The number of hydrogen-bond acceptors (Lipinski definition) is 4. The second kappa shape index (κ2) is 6.00. The Bertz CT molecular complexity index is 554. The molecule has 0 saturated carbocycles. The Morgan fingerprint density at radius 1 is 1.26 bits per heavy atom. The van der Waals surface area contributed by atoms with Gasteiger partial charge < -0.3 is 9.47 Å². The van der Waals surface area contributed by atoms with Gasteiger partial charge in [-0.15, -0.1) is 0 Å². The molecule has 1 unspecified atom stereocenters. The SMILES string of the molecule is COC(=O)c1cccc(OC(C)c2cccnc2)c1. The Hall–Kier alpha value is -2.36. The zero-order valence-corrected chi connectivity index (χ0v) is 10.9. The number of pyridine rings is 1. The summed E-state index contributed by atoms with van der Waals surface area (Å²) in [6.45, 7) is 1.93. The highest BCUT2D eigenvalue weighted by Crippen LogP contribution is 2.22. The van der Waals surface area contributed by atoms with Gasteiger partial charge in [0.1, 0.15) is 11.9 Å². The van der Waals surface area contributed by atoms with Crippen molar-refractivity contribution < 1.29 is 14.3 Å². The summed E-state index contributed by atoms with van der Waals surface area (Å²) < 4.78 is 10.5. The Morgan fingerprint density at radius 3 is 2.79 bits per heavy atom. The van der Waals surface area contributed by atoms with Gasteiger partial charge in [0.25, 0.3) is 0 Å². The van der Waals surface area contributed by atoms with Gasteiger partial charge in [0.2, 0.25) is 0 Å². The van der Waals surface area contributed by atoms with Gasteiger partial charge >= 0.3 is 5.97 Å². The molecule has 0 radical (unpaired) electrons. The standard InChI is InChI=1S/C15H15NO3/c1-11(13-6-4-8-16-10-13)19-14-7-3-5-12(9-14)15(17)18-2/h3-11H,1-2H3. The van der Waals surface area contributed by atoms with Crippen molar-refractivity contribution in [3.63, 3.8) is 0 Å². The average Bonchev–Trinajstić information content (AvgIpc) is 2.47. The van der Waals surface area contributed by atoms with Crippen LogP contribution in [0.3, 0.4) is 0 Å². The van der Waals surface area contributed by atoms with Crippen LogP contribution in [0.15, 0.2) is 48.8 Å². The van der Waals surface area contributed by atoms with Crippen molar-refractivity contribution in [3.8, 4) is 5.75 Å². The molecule has 4 heteroatoms. The number of carbonyl (C=O) groups is 1. The Balaban J connectivity index is 2.13. The lowest BCUT2D eigenvalue weighted by Gasteiger charge is -2.15. The van der Waals surface area contributed by atoms with Crippen LogP contribution in [0.25, 0.3) is 0 Å². The number of carbonyl (C=O) groups excluding carboxylic acids is 1. The molecule has 1 heterocycles. The third-order valence-corrected chi connectivity index (χ3v) is 2.72. The van der Waals surface area contributed by atoms with E-state index in [-0.39, 0.29) is 12.1 Å². The van der Waals surface area contributed by atoms with Gasteiger partial charge in [-0.3, -0.25) is 4.98 Å². The first-order valence-corrected chi connectivity index (χ1v) is 5.95. The lowest BCUT2D eigenvalue weighted by atomic mass is 10.2. The fourth-order valence-corrected chi connectivity index (χ4v) is 1.70. The zero-order valence-electron chi connectivity index (χ0n) is 10.9. The number of hydrogen-bond donors (Lipinski definition) is 0.